The van der Waals surface area contributed by atoms with Crippen molar-refractivity contribution in [3.63, 3.8) is 0 Å². The molecule has 0 atom stereocenters. The zero-order valence-electron chi connectivity index (χ0n) is 17.7. The van der Waals surface area contributed by atoms with E-state index in [1.165, 1.54) is 12.5 Å². The Hall–Kier alpha value is -2.99. The standard InChI is InChI=1S/C24H27ClN2O4/c1-30-21-12-8-16(14-22(21)31-2)9-13-23(28)26-18-10-11-20(25)19(15-18)24(29)27-17-6-4-3-5-7-17/h8-15,17H,3-7H2,1-2H3,(H,26,28)(H,27,29)/b13-9+. The first-order valence-corrected chi connectivity index (χ1v) is 10.7. The second-order valence-corrected chi connectivity index (χ2v) is 7.85. The summed E-state index contributed by atoms with van der Waals surface area (Å²) < 4.78 is 10.5. The normalized spacial score (nSPS) is 14.3. The fraction of sp³-hybridized carbons (Fsp3) is 0.333. The fourth-order valence-corrected chi connectivity index (χ4v) is 3.80. The molecule has 6 nitrogen and oxygen atoms in total. The van der Waals surface area contributed by atoms with Crippen molar-refractivity contribution in [1.82, 2.24) is 5.32 Å². The van der Waals surface area contributed by atoms with Gasteiger partial charge in [0, 0.05) is 17.8 Å². The van der Waals surface area contributed by atoms with Crippen LogP contribution in [0, 0.1) is 0 Å². The first kappa shape index (κ1) is 22.7. The van der Waals surface area contributed by atoms with Crippen molar-refractivity contribution in [1.29, 1.82) is 0 Å². The summed E-state index contributed by atoms with van der Waals surface area (Å²) in [6, 6.07) is 10.4. The first-order chi connectivity index (χ1) is 15.0. The summed E-state index contributed by atoms with van der Waals surface area (Å²) in [4.78, 5) is 25.0. The van der Waals surface area contributed by atoms with Gasteiger partial charge in [0.1, 0.15) is 0 Å². The zero-order valence-corrected chi connectivity index (χ0v) is 18.5. The largest absolute Gasteiger partial charge is 0.493 e. The minimum absolute atomic E-state index is 0.181. The molecule has 0 bridgehead atoms. The molecule has 0 radical (unpaired) electrons. The summed E-state index contributed by atoms with van der Waals surface area (Å²) in [5.74, 6) is 0.658. The van der Waals surface area contributed by atoms with Crippen LogP contribution in [0.3, 0.4) is 0 Å². The van der Waals surface area contributed by atoms with Gasteiger partial charge in [-0.1, -0.05) is 36.9 Å². The Labute approximate surface area is 187 Å². The van der Waals surface area contributed by atoms with Gasteiger partial charge in [0.05, 0.1) is 24.8 Å². The third-order valence-electron chi connectivity index (χ3n) is 5.25. The molecule has 0 aromatic heterocycles. The van der Waals surface area contributed by atoms with Crippen LogP contribution in [0.2, 0.25) is 5.02 Å². The van der Waals surface area contributed by atoms with Crippen LogP contribution in [0.5, 0.6) is 11.5 Å². The summed E-state index contributed by atoms with van der Waals surface area (Å²) in [5.41, 5.74) is 1.64. The number of halogens is 1. The number of carbonyl (C=O) groups excluding carboxylic acids is 2. The SMILES string of the molecule is COc1ccc(/C=C/C(=O)Nc2ccc(Cl)c(C(=O)NC3CCCCC3)c2)cc1OC. The van der Waals surface area contributed by atoms with E-state index in [4.69, 9.17) is 21.1 Å². The second-order valence-electron chi connectivity index (χ2n) is 7.44. The quantitative estimate of drug-likeness (QED) is 0.587. The summed E-state index contributed by atoms with van der Waals surface area (Å²) >= 11 is 6.23. The van der Waals surface area contributed by atoms with Crippen LogP contribution >= 0.6 is 11.6 Å². The van der Waals surface area contributed by atoms with Gasteiger partial charge < -0.3 is 20.1 Å². The zero-order chi connectivity index (χ0) is 22.2. The van der Waals surface area contributed by atoms with Crippen molar-refractivity contribution in [3.05, 3.63) is 58.6 Å². The van der Waals surface area contributed by atoms with E-state index >= 15 is 0 Å². The van der Waals surface area contributed by atoms with Gasteiger partial charge in [-0.05, 0) is 54.8 Å². The van der Waals surface area contributed by atoms with E-state index in [0.29, 0.717) is 27.8 Å². The van der Waals surface area contributed by atoms with Crippen molar-refractivity contribution in [2.75, 3.05) is 19.5 Å². The van der Waals surface area contributed by atoms with Crippen LogP contribution in [-0.4, -0.2) is 32.1 Å². The molecule has 0 spiro atoms. The Morgan fingerprint density at radius 3 is 2.45 bits per heavy atom. The molecule has 1 aliphatic carbocycles. The lowest BCUT2D eigenvalue weighted by Gasteiger charge is -2.23. The average molecular weight is 443 g/mol. The molecule has 1 saturated carbocycles. The fourth-order valence-electron chi connectivity index (χ4n) is 3.60. The van der Waals surface area contributed by atoms with E-state index in [-0.39, 0.29) is 17.9 Å². The third kappa shape index (κ3) is 6.25. The number of carbonyl (C=O) groups is 2. The number of anilines is 1. The molecule has 31 heavy (non-hydrogen) atoms. The van der Waals surface area contributed by atoms with Crippen molar-refractivity contribution in [2.45, 2.75) is 38.1 Å². The summed E-state index contributed by atoms with van der Waals surface area (Å²) in [6.07, 6.45) is 8.52. The second kappa shape index (κ2) is 10.9. The Morgan fingerprint density at radius 1 is 1.00 bits per heavy atom. The Bertz CT molecular complexity index is 968. The Morgan fingerprint density at radius 2 is 1.74 bits per heavy atom. The Balaban J connectivity index is 1.65. The molecule has 1 aliphatic rings. The number of hydrogen-bond donors (Lipinski definition) is 2. The molecule has 2 aromatic rings. The van der Waals surface area contributed by atoms with E-state index in [2.05, 4.69) is 10.6 Å². The molecule has 2 amide bonds. The van der Waals surface area contributed by atoms with Crippen LogP contribution in [0.25, 0.3) is 6.08 Å². The maximum Gasteiger partial charge on any atom is 0.253 e. The van der Waals surface area contributed by atoms with Crippen LogP contribution in [0.15, 0.2) is 42.5 Å². The van der Waals surface area contributed by atoms with Crippen molar-refractivity contribution < 1.29 is 19.1 Å². The van der Waals surface area contributed by atoms with Gasteiger partial charge in [-0.2, -0.15) is 0 Å². The number of methoxy groups -OCH3 is 2. The van der Waals surface area contributed by atoms with Gasteiger partial charge >= 0.3 is 0 Å². The highest BCUT2D eigenvalue weighted by molar-refractivity contribution is 6.34. The Kier molecular flexibility index (Phi) is 7.95. The average Bonchev–Trinajstić information content (AvgIpc) is 2.79. The molecule has 1 fully saturated rings. The monoisotopic (exact) mass is 442 g/mol. The number of hydrogen-bond acceptors (Lipinski definition) is 4. The molecule has 2 aromatic carbocycles. The maximum atomic E-state index is 12.7. The van der Waals surface area contributed by atoms with E-state index in [9.17, 15) is 9.59 Å². The predicted molar refractivity (Wildman–Crippen MR) is 123 cm³/mol. The number of rotatable bonds is 7. The van der Waals surface area contributed by atoms with Crippen molar-refractivity contribution >= 4 is 35.2 Å². The van der Waals surface area contributed by atoms with Gasteiger partial charge in [0.25, 0.3) is 5.91 Å². The van der Waals surface area contributed by atoms with Crippen LogP contribution in [-0.2, 0) is 4.79 Å². The highest BCUT2D eigenvalue weighted by atomic mass is 35.5. The molecule has 7 heteroatoms. The lowest BCUT2D eigenvalue weighted by atomic mass is 9.95. The van der Waals surface area contributed by atoms with Crippen LogP contribution < -0.4 is 20.1 Å². The van der Waals surface area contributed by atoms with E-state index in [1.54, 1.807) is 50.6 Å². The van der Waals surface area contributed by atoms with Crippen molar-refractivity contribution in [2.24, 2.45) is 0 Å². The van der Waals surface area contributed by atoms with Gasteiger partial charge in [-0.25, -0.2) is 0 Å². The van der Waals surface area contributed by atoms with Gasteiger partial charge in [0.15, 0.2) is 11.5 Å². The smallest absolute Gasteiger partial charge is 0.253 e. The molecule has 0 aliphatic heterocycles. The van der Waals surface area contributed by atoms with E-state index in [0.717, 1.165) is 31.2 Å². The van der Waals surface area contributed by atoms with Gasteiger partial charge in [0.2, 0.25) is 5.91 Å². The minimum atomic E-state index is -0.323. The van der Waals surface area contributed by atoms with Crippen molar-refractivity contribution in [3.8, 4) is 11.5 Å². The van der Waals surface area contributed by atoms with Crippen LogP contribution in [0.4, 0.5) is 5.69 Å². The molecule has 2 N–H and O–H groups in total. The van der Waals surface area contributed by atoms with Gasteiger partial charge in [-0.15, -0.1) is 0 Å². The minimum Gasteiger partial charge on any atom is -0.493 e. The number of benzene rings is 2. The first-order valence-electron chi connectivity index (χ1n) is 10.3. The maximum absolute atomic E-state index is 12.7. The highest BCUT2D eigenvalue weighted by Gasteiger charge is 2.18. The molecule has 164 valence electrons. The molecular formula is C24H27ClN2O4. The van der Waals surface area contributed by atoms with Crippen LogP contribution in [0.1, 0.15) is 48.0 Å². The molecule has 0 saturated heterocycles. The molecule has 0 unspecified atom stereocenters. The van der Waals surface area contributed by atoms with E-state index < -0.39 is 0 Å². The van der Waals surface area contributed by atoms with E-state index in [1.807, 2.05) is 6.07 Å². The number of nitrogens with one attached hydrogen (secondary N) is 2. The lowest BCUT2D eigenvalue weighted by molar-refractivity contribution is -0.111. The number of ether oxygens (including phenoxy) is 2. The van der Waals surface area contributed by atoms with Gasteiger partial charge in [-0.3, -0.25) is 9.59 Å². The third-order valence-corrected chi connectivity index (χ3v) is 5.58. The molecule has 0 heterocycles. The summed E-state index contributed by atoms with van der Waals surface area (Å²) in [6.45, 7) is 0. The predicted octanol–water partition coefficient (Wildman–Crippen LogP) is 5.07. The molecular weight excluding hydrogens is 416 g/mol. The topological polar surface area (TPSA) is 76.7 Å². The number of amides is 2. The highest BCUT2D eigenvalue weighted by Crippen LogP contribution is 2.28. The lowest BCUT2D eigenvalue weighted by Crippen LogP contribution is -2.36. The summed E-state index contributed by atoms with van der Waals surface area (Å²) in [7, 11) is 3.12. The molecule has 3 rings (SSSR count). The summed E-state index contributed by atoms with van der Waals surface area (Å²) in [5, 5.41) is 6.17.